The molecule has 0 saturated carbocycles. The lowest BCUT2D eigenvalue weighted by atomic mass is 10.2. The second kappa shape index (κ2) is 15.8. The van der Waals surface area contributed by atoms with Gasteiger partial charge in [0.2, 0.25) is 5.91 Å². The topological polar surface area (TPSA) is 112 Å². The third-order valence-electron chi connectivity index (χ3n) is 3.52. The molecule has 0 aliphatic rings. The highest BCUT2D eigenvalue weighted by atomic mass is 19.3. The summed E-state index contributed by atoms with van der Waals surface area (Å²) >= 11 is 0. The van der Waals surface area contributed by atoms with Gasteiger partial charge in [0.1, 0.15) is 18.2 Å². The van der Waals surface area contributed by atoms with E-state index in [1.54, 1.807) is 51.1 Å². The van der Waals surface area contributed by atoms with Gasteiger partial charge in [-0.25, -0.2) is 9.59 Å². The fourth-order valence-electron chi connectivity index (χ4n) is 2.01. The highest BCUT2D eigenvalue weighted by molar-refractivity contribution is 5.89. The number of hydrogen-bond acceptors (Lipinski definition) is 7. The average molecular weight is 498 g/mol. The molecule has 2 N–H and O–H groups in total. The fourth-order valence-corrected chi connectivity index (χ4v) is 2.01. The molecule has 9 nitrogen and oxygen atoms in total. The number of esters is 1. The molecule has 1 aromatic carbocycles. The predicted molar refractivity (Wildman–Crippen MR) is 112 cm³/mol. The zero-order valence-corrected chi connectivity index (χ0v) is 19.5. The maximum absolute atomic E-state index is 12.4. The molecule has 1 aromatic rings. The van der Waals surface area contributed by atoms with Crippen LogP contribution in [0.3, 0.4) is 0 Å². The lowest BCUT2D eigenvalue weighted by Gasteiger charge is -2.23. The second-order valence-electron chi connectivity index (χ2n) is 7.61. The van der Waals surface area contributed by atoms with Gasteiger partial charge in [-0.1, -0.05) is 30.3 Å². The fraction of sp³-hybridized carbons (Fsp3) is 0.571. The Balaban J connectivity index is 0.00000196. The summed E-state index contributed by atoms with van der Waals surface area (Å²) in [6.45, 7) is -0.348. The minimum atomic E-state index is -3.13. The Hall–Kier alpha value is -2.93. The zero-order valence-electron chi connectivity index (χ0n) is 19.5. The Morgan fingerprint density at radius 2 is 1.53 bits per heavy atom. The summed E-state index contributed by atoms with van der Waals surface area (Å²) < 4.78 is 63.5. The summed E-state index contributed by atoms with van der Waals surface area (Å²) in [4.78, 5) is 36.2. The summed E-state index contributed by atoms with van der Waals surface area (Å²) in [6, 6.07) is 6.11. The quantitative estimate of drug-likeness (QED) is 0.376. The molecule has 0 heterocycles. The van der Waals surface area contributed by atoms with Gasteiger partial charge in [0, 0.05) is 7.11 Å². The second-order valence-corrected chi connectivity index (χ2v) is 7.61. The van der Waals surface area contributed by atoms with E-state index in [-0.39, 0.29) is 6.61 Å². The molecule has 2 atom stereocenters. The molecule has 0 fully saturated rings. The van der Waals surface area contributed by atoms with Crippen molar-refractivity contribution in [3.63, 3.8) is 0 Å². The van der Waals surface area contributed by atoms with Crippen molar-refractivity contribution in [2.45, 2.75) is 65.2 Å². The number of carbonyl (C=O) groups is 3. The van der Waals surface area contributed by atoms with Crippen molar-refractivity contribution in [1.82, 2.24) is 10.6 Å². The molecule has 34 heavy (non-hydrogen) atoms. The van der Waals surface area contributed by atoms with Gasteiger partial charge in [-0.05, 0) is 33.3 Å². The van der Waals surface area contributed by atoms with E-state index in [2.05, 4.69) is 20.1 Å². The van der Waals surface area contributed by atoms with Gasteiger partial charge >= 0.3 is 25.3 Å². The van der Waals surface area contributed by atoms with Crippen LogP contribution in [-0.2, 0) is 35.1 Å². The largest absolute Gasteiger partial charge is 0.459 e. The normalized spacial score (nSPS) is 12.8. The number of methoxy groups -OCH3 is 1. The van der Waals surface area contributed by atoms with Crippen LogP contribution in [0.25, 0.3) is 0 Å². The van der Waals surface area contributed by atoms with E-state index < -0.39 is 55.5 Å². The van der Waals surface area contributed by atoms with Gasteiger partial charge < -0.3 is 29.6 Å². The summed E-state index contributed by atoms with van der Waals surface area (Å²) in [7, 11) is 0.949. The number of amides is 2. The van der Waals surface area contributed by atoms with E-state index in [1.807, 2.05) is 0 Å². The van der Waals surface area contributed by atoms with E-state index in [9.17, 15) is 31.9 Å². The Kier molecular flexibility index (Phi) is 14.5. The molecule has 194 valence electrons. The number of alkyl carbamates (subject to hydrolysis) is 1. The molecular formula is C21H30F4N2O7. The summed E-state index contributed by atoms with van der Waals surface area (Å²) in [5.41, 5.74) is -0.0875. The number of rotatable bonds is 10. The molecule has 0 aliphatic heterocycles. The molecule has 0 bridgehead atoms. The van der Waals surface area contributed by atoms with Crippen molar-refractivity contribution in [3.8, 4) is 0 Å². The molecule has 0 radical (unpaired) electrons. The van der Waals surface area contributed by atoms with Crippen LogP contribution >= 0.6 is 0 Å². The van der Waals surface area contributed by atoms with Crippen LogP contribution in [0.2, 0.25) is 0 Å². The molecule has 2 amide bonds. The number of carbonyl (C=O) groups excluding carboxylic acids is 3. The number of benzene rings is 1. The van der Waals surface area contributed by atoms with E-state index in [0.29, 0.717) is 5.56 Å². The van der Waals surface area contributed by atoms with Crippen LogP contribution in [0.15, 0.2) is 30.3 Å². The third kappa shape index (κ3) is 15.8. The molecule has 0 aromatic heterocycles. The van der Waals surface area contributed by atoms with E-state index in [4.69, 9.17) is 9.47 Å². The predicted octanol–water partition coefficient (Wildman–Crippen LogP) is 3.22. The number of halogens is 4. The number of nitrogens with one attached hydrogen (secondary N) is 2. The van der Waals surface area contributed by atoms with Crippen molar-refractivity contribution < 1.29 is 50.9 Å². The number of alkyl halides is 4. The van der Waals surface area contributed by atoms with Crippen LogP contribution in [0, 0.1) is 0 Å². The maximum Gasteiger partial charge on any atom is 0.408 e. The first kappa shape index (κ1) is 31.1. The average Bonchev–Trinajstić information content (AvgIpc) is 2.74. The van der Waals surface area contributed by atoms with Crippen LogP contribution in [0.1, 0.15) is 33.3 Å². The molecule has 1 rings (SSSR count). The Morgan fingerprint density at radius 1 is 0.971 bits per heavy atom. The molecule has 13 heteroatoms. The van der Waals surface area contributed by atoms with Crippen LogP contribution in [0.5, 0.6) is 0 Å². The van der Waals surface area contributed by atoms with Crippen LogP contribution in [-0.4, -0.2) is 62.6 Å². The lowest BCUT2D eigenvalue weighted by molar-refractivity contribution is -0.161. The molecular weight excluding hydrogens is 468 g/mol. The van der Waals surface area contributed by atoms with Crippen molar-refractivity contribution in [3.05, 3.63) is 35.9 Å². The van der Waals surface area contributed by atoms with Crippen molar-refractivity contribution in [2.75, 3.05) is 13.7 Å². The molecule has 1 unspecified atom stereocenters. The molecule has 0 aliphatic carbocycles. The van der Waals surface area contributed by atoms with Gasteiger partial charge in [-0.3, -0.25) is 4.79 Å². The maximum atomic E-state index is 12.4. The van der Waals surface area contributed by atoms with Gasteiger partial charge in [-0.2, -0.15) is 17.6 Å². The van der Waals surface area contributed by atoms with Gasteiger partial charge in [-0.15, -0.1) is 0 Å². The molecule has 0 spiro atoms. The highest BCUT2D eigenvalue weighted by Crippen LogP contribution is 2.07. The van der Waals surface area contributed by atoms with Gasteiger partial charge in [0.25, 0.3) is 0 Å². The summed E-state index contributed by atoms with van der Waals surface area (Å²) in [6.07, 6.45) is -0.841. The third-order valence-corrected chi connectivity index (χ3v) is 3.52. The van der Waals surface area contributed by atoms with Crippen molar-refractivity contribution in [1.29, 1.82) is 0 Å². The van der Waals surface area contributed by atoms with Gasteiger partial charge in [0.15, 0.2) is 6.04 Å². The lowest BCUT2D eigenvalue weighted by Crippen LogP contribution is -2.52. The number of hydrogen-bond donors (Lipinski definition) is 2. The van der Waals surface area contributed by atoms with Gasteiger partial charge in [0.05, 0.1) is 6.61 Å². The Labute approximate surface area is 195 Å². The van der Waals surface area contributed by atoms with E-state index in [0.717, 1.165) is 7.11 Å². The first-order chi connectivity index (χ1) is 15.7. The van der Waals surface area contributed by atoms with E-state index >= 15 is 0 Å². The van der Waals surface area contributed by atoms with Crippen LogP contribution in [0.4, 0.5) is 22.4 Å². The highest BCUT2D eigenvalue weighted by Gasteiger charge is 2.28. The smallest absolute Gasteiger partial charge is 0.408 e. The Bertz CT molecular complexity index is 746. The standard InChI is InChI=1S/C19H26F2N2O6.C2H4F2O/c1-12(22-18(26)29-19(2,3)4)15(24)23-14(11-28-17(20)21)16(25)27-10-13-8-6-5-7-9-13;1-5-2(3)4/h5-9,12,14,17H,10-11H2,1-4H3,(H,22,26)(H,23,24);2H,1H3/t12?,14-;/m0./s1. The summed E-state index contributed by atoms with van der Waals surface area (Å²) in [5, 5.41) is 4.52. The zero-order chi connectivity index (χ0) is 26.3. The monoisotopic (exact) mass is 498 g/mol. The number of ether oxygens (including phenoxy) is 4. The summed E-state index contributed by atoms with van der Waals surface area (Å²) in [5.74, 6) is -1.75. The van der Waals surface area contributed by atoms with Crippen LogP contribution < -0.4 is 10.6 Å². The first-order valence-electron chi connectivity index (χ1n) is 9.96. The van der Waals surface area contributed by atoms with E-state index in [1.165, 1.54) is 6.92 Å². The van der Waals surface area contributed by atoms with Crippen molar-refractivity contribution >= 4 is 18.0 Å². The SMILES string of the molecule is CC(NC(=O)OC(C)(C)C)C(=O)N[C@@H](COC(F)F)C(=O)OCc1ccccc1.COC(F)F. The minimum absolute atomic E-state index is 0.105. The molecule has 0 saturated heterocycles. The first-order valence-corrected chi connectivity index (χ1v) is 9.96. The van der Waals surface area contributed by atoms with Crippen molar-refractivity contribution in [2.24, 2.45) is 0 Å². The minimum Gasteiger partial charge on any atom is -0.459 e. The Morgan fingerprint density at radius 3 is 2.00 bits per heavy atom.